The molecule has 2 nitrogen and oxygen atoms in total. The minimum Gasteiger partial charge on any atom is -0.311 e. The van der Waals surface area contributed by atoms with E-state index >= 15 is 0 Å². The van der Waals surface area contributed by atoms with E-state index in [4.69, 9.17) is 0 Å². The number of nitrogens with one attached hydrogen (secondary N) is 1. The highest BCUT2D eigenvalue weighted by Crippen LogP contribution is 2.37. The molecule has 4 unspecified atom stereocenters. The van der Waals surface area contributed by atoms with Crippen LogP contribution in [-0.2, 0) is 0 Å². The highest BCUT2D eigenvalue weighted by Gasteiger charge is 2.42. The predicted molar refractivity (Wildman–Crippen MR) is 65.0 cm³/mol. The standard InChI is InChI=1S/C13H26N2/c1-9(2)5-12-8-15(11(4)7-14-12)13-6-10(13)3/h9-14H,5-8H2,1-4H3. The number of hydrogen-bond donors (Lipinski definition) is 1. The van der Waals surface area contributed by atoms with Crippen LogP contribution in [-0.4, -0.2) is 36.1 Å². The van der Waals surface area contributed by atoms with Gasteiger partial charge in [0.05, 0.1) is 0 Å². The van der Waals surface area contributed by atoms with E-state index in [9.17, 15) is 0 Å². The molecule has 1 aliphatic carbocycles. The molecule has 15 heavy (non-hydrogen) atoms. The van der Waals surface area contributed by atoms with Crippen molar-refractivity contribution in [3.8, 4) is 0 Å². The zero-order chi connectivity index (χ0) is 11.0. The maximum atomic E-state index is 3.69. The normalized spacial score (nSPS) is 42.2. The topological polar surface area (TPSA) is 15.3 Å². The molecule has 0 radical (unpaired) electrons. The van der Waals surface area contributed by atoms with Crippen molar-refractivity contribution >= 4 is 0 Å². The molecule has 2 aliphatic rings. The van der Waals surface area contributed by atoms with Crippen molar-refractivity contribution in [1.82, 2.24) is 10.2 Å². The van der Waals surface area contributed by atoms with Crippen molar-refractivity contribution in [2.75, 3.05) is 13.1 Å². The molecule has 1 heterocycles. The summed E-state index contributed by atoms with van der Waals surface area (Å²) in [5.41, 5.74) is 0. The van der Waals surface area contributed by atoms with Gasteiger partial charge in [0.15, 0.2) is 0 Å². The molecule has 2 fully saturated rings. The summed E-state index contributed by atoms with van der Waals surface area (Å²) in [6.45, 7) is 11.9. The van der Waals surface area contributed by atoms with E-state index in [-0.39, 0.29) is 0 Å². The largest absolute Gasteiger partial charge is 0.311 e. The molecule has 0 aromatic rings. The SMILES string of the molecule is CC(C)CC1CN(C2CC2C)C(C)CN1. The van der Waals surface area contributed by atoms with Gasteiger partial charge in [0, 0.05) is 31.2 Å². The smallest absolute Gasteiger partial charge is 0.0198 e. The van der Waals surface area contributed by atoms with E-state index in [1.165, 1.54) is 25.9 Å². The fourth-order valence-electron chi connectivity index (χ4n) is 2.91. The summed E-state index contributed by atoms with van der Waals surface area (Å²) in [5.74, 6) is 1.76. The van der Waals surface area contributed by atoms with Crippen LogP contribution in [0.4, 0.5) is 0 Å². The second kappa shape index (κ2) is 4.42. The van der Waals surface area contributed by atoms with Crippen molar-refractivity contribution in [1.29, 1.82) is 0 Å². The Kier molecular flexibility index (Phi) is 3.36. The van der Waals surface area contributed by atoms with Gasteiger partial charge in [-0.05, 0) is 31.6 Å². The van der Waals surface area contributed by atoms with E-state index in [0.717, 1.165) is 30.0 Å². The Morgan fingerprint density at radius 2 is 2.00 bits per heavy atom. The fraction of sp³-hybridized carbons (Fsp3) is 1.00. The lowest BCUT2D eigenvalue weighted by molar-refractivity contribution is 0.119. The Bertz CT molecular complexity index is 213. The summed E-state index contributed by atoms with van der Waals surface area (Å²) in [6, 6.07) is 2.37. The van der Waals surface area contributed by atoms with E-state index in [2.05, 4.69) is 37.9 Å². The molecule has 88 valence electrons. The molecule has 2 rings (SSSR count). The lowest BCUT2D eigenvalue weighted by Crippen LogP contribution is -2.56. The Morgan fingerprint density at radius 1 is 1.33 bits per heavy atom. The Morgan fingerprint density at radius 3 is 2.53 bits per heavy atom. The van der Waals surface area contributed by atoms with Gasteiger partial charge >= 0.3 is 0 Å². The first-order valence-corrected chi connectivity index (χ1v) is 6.57. The van der Waals surface area contributed by atoms with Crippen molar-refractivity contribution in [2.24, 2.45) is 11.8 Å². The van der Waals surface area contributed by atoms with Crippen LogP contribution < -0.4 is 5.32 Å². The van der Waals surface area contributed by atoms with Crippen LogP contribution in [0, 0.1) is 11.8 Å². The third-order valence-electron chi connectivity index (χ3n) is 3.95. The van der Waals surface area contributed by atoms with Gasteiger partial charge in [-0.3, -0.25) is 4.90 Å². The molecule has 0 aromatic carbocycles. The van der Waals surface area contributed by atoms with Gasteiger partial charge in [-0.25, -0.2) is 0 Å². The first-order chi connectivity index (χ1) is 7.08. The molecular formula is C13H26N2. The lowest BCUT2D eigenvalue weighted by Gasteiger charge is -2.40. The van der Waals surface area contributed by atoms with E-state index in [0.29, 0.717) is 0 Å². The summed E-state index contributed by atoms with van der Waals surface area (Å²) in [4.78, 5) is 2.74. The molecule has 0 aromatic heterocycles. The van der Waals surface area contributed by atoms with Crippen molar-refractivity contribution < 1.29 is 0 Å². The first-order valence-electron chi connectivity index (χ1n) is 6.57. The minimum absolute atomic E-state index is 0.731. The Balaban J connectivity index is 1.87. The van der Waals surface area contributed by atoms with E-state index < -0.39 is 0 Å². The van der Waals surface area contributed by atoms with Gasteiger partial charge < -0.3 is 5.32 Å². The number of rotatable bonds is 3. The van der Waals surface area contributed by atoms with Gasteiger partial charge in [-0.15, -0.1) is 0 Å². The molecule has 2 heteroatoms. The predicted octanol–water partition coefficient (Wildman–Crippen LogP) is 2.10. The lowest BCUT2D eigenvalue weighted by atomic mass is 10.00. The third-order valence-corrected chi connectivity index (χ3v) is 3.95. The summed E-state index contributed by atoms with van der Waals surface area (Å²) in [6.07, 6.45) is 2.75. The molecule has 1 saturated heterocycles. The van der Waals surface area contributed by atoms with Crippen LogP contribution in [0.5, 0.6) is 0 Å². The van der Waals surface area contributed by atoms with Crippen LogP contribution in [0.2, 0.25) is 0 Å². The molecular weight excluding hydrogens is 184 g/mol. The van der Waals surface area contributed by atoms with E-state index in [1.54, 1.807) is 0 Å². The third kappa shape index (κ3) is 2.73. The van der Waals surface area contributed by atoms with E-state index in [1.807, 2.05) is 0 Å². The van der Waals surface area contributed by atoms with Crippen LogP contribution in [0.1, 0.15) is 40.5 Å². The van der Waals surface area contributed by atoms with Gasteiger partial charge in [0.1, 0.15) is 0 Å². The zero-order valence-corrected chi connectivity index (χ0v) is 10.7. The first kappa shape index (κ1) is 11.4. The van der Waals surface area contributed by atoms with Crippen LogP contribution >= 0.6 is 0 Å². The van der Waals surface area contributed by atoms with Crippen molar-refractivity contribution in [2.45, 2.75) is 58.7 Å². The molecule has 4 atom stereocenters. The second-order valence-corrected chi connectivity index (χ2v) is 6.06. The number of piperazine rings is 1. The average molecular weight is 210 g/mol. The summed E-state index contributed by atoms with van der Waals surface area (Å²) in [7, 11) is 0. The average Bonchev–Trinajstić information content (AvgIpc) is 2.85. The Labute approximate surface area is 94.4 Å². The fourth-order valence-corrected chi connectivity index (χ4v) is 2.91. The summed E-state index contributed by atoms with van der Waals surface area (Å²) < 4.78 is 0. The van der Waals surface area contributed by atoms with Crippen molar-refractivity contribution in [3.05, 3.63) is 0 Å². The second-order valence-electron chi connectivity index (χ2n) is 6.06. The number of hydrogen-bond acceptors (Lipinski definition) is 2. The molecule has 1 aliphatic heterocycles. The van der Waals surface area contributed by atoms with Crippen molar-refractivity contribution in [3.63, 3.8) is 0 Å². The molecule has 0 bridgehead atoms. The van der Waals surface area contributed by atoms with Crippen LogP contribution in [0.3, 0.4) is 0 Å². The van der Waals surface area contributed by atoms with Crippen LogP contribution in [0.15, 0.2) is 0 Å². The maximum Gasteiger partial charge on any atom is 0.0198 e. The molecule has 0 spiro atoms. The maximum absolute atomic E-state index is 3.69. The van der Waals surface area contributed by atoms with Gasteiger partial charge in [0.25, 0.3) is 0 Å². The quantitative estimate of drug-likeness (QED) is 0.767. The molecule has 1 saturated carbocycles. The summed E-state index contributed by atoms with van der Waals surface area (Å²) in [5, 5.41) is 3.69. The Hall–Kier alpha value is -0.0800. The highest BCUT2D eigenvalue weighted by atomic mass is 15.3. The number of nitrogens with zero attached hydrogens (tertiary/aromatic N) is 1. The summed E-state index contributed by atoms with van der Waals surface area (Å²) >= 11 is 0. The highest BCUT2D eigenvalue weighted by molar-refractivity contribution is 4.98. The van der Waals surface area contributed by atoms with Gasteiger partial charge in [0.2, 0.25) is 0 Å². The van der Waals surface area contributed by atoms with Gasteiger partial charge in [-0.1, -0.05) is 20.8 Å². The molecule has 1 N–H and O–H groups in total. The minimum atomic E-state index is 0.731. The van der Waals surface area contributed by atoms with Gasteiger partial charge in [-0.2, -0.15) is 0 Å². The monoisotopic (exact) mass is 210 g/mol. The molecule has 0 amide bonds. The van der Waals surface area contributed by atoms with Crippen LogP contribution in [0.25, 0.3) is 0 Å². The zero-order valence-electron chi connectivity index (χ0n) is 10.7.